The molecule has 0 aromatic heterocycles. The minimum Gasteiger partial charge on any atom is -0.396 e. The zero-order valence-corrected chi connectivity index (χ0v) is 18.0. The SMILES string of the molecule is CC/C=C\C/C=C\C/C=C\CC1OC1CC=CCC=CCCC(=O)NCCCO. The Morgan fingerprint density at radius 2 is 1.41 bits per heavy atom. The summed E-state index contributed by atoms with van der Waals surface area (Å²) in [4.78, 5) is 11.5. The Hall–Kier alpha value is -1.91. The van der Waals surface area contributed by atoms with Crippen molar-refractivity contribution in [1.82, 2.24) is 5.32 Å². The monoisotopic (exact) mass is 401 g/mol. The van der Waals surface area contributed by atoms with Crippen molar-refractivity contribution in [1.29, 1.82) is 0 Å². The van der Waals surface area contributed by atoms with Gasteiger partial charge >= 0.3 is 0 Å². The number of epoxide rings is 1. The molecule has 2 unspecified atom stereocenters. The molecule has 162 valence electrons. The van der Waals surface area contributed by atoms with Crippen LogP contribution in [0.2, 0.25) is 0 Å². The normalized spacial score (nSPS) is 19.5. The molecule has 0 saturated carbocycles. The van der Waals surface area contributed by atoms with E-state index in [4.69, 9.17) is 9.84 Å². The number of aliphatic hydroxyl groups is 1. The second kappa shape index (κ2) is 18.1. The van der Waals surface area contributed by atoms with Crippen molar-refractivity contribution in [3.8, 4) is 0 Å². The van der Waals surface area contributed by atoms with Gasteiger partial charge in [-0.1, -0.05) is 67.7 Å². The standard InChI is InChI=1S/C25H39NO3/c1-2-3-4-5-6-7-8-11-14-18-23-24(29-23)19-15-12-9-10-13-16-20-25(28)26-21-17-22-27/h3-4,6-7,10-15,23-24,27H,2,5,8-9,16-22H2,1H3,(H,26,28)/b4-3-,7-6-,13-10?,14-11-,15-12?. The Kier molecular flexibility index (Phi) is 15.7. The van der Waals surface area contributed by atoms with Gasteiger partial charge in [0.05, 0.1) is 12.2 Å². The second-order valence-electron chi connectivity index (χ2n) is 7.12. The lowest BCUT2D eigenvalue weighted by atomic mass is 10.1. The van der Waals surface area contributed by atoms with Gasteiger partial charge in [-0.3, -0.25) is 4.79 Å². The predicted molar refractivity (Wildman–Crippen MR) is 122 cm³/mol. The third-order valence-electron chi connectivity index (χ3n) is 4.51. The Morgan fingerprint density at radius 3 is 2.00 bits per heavy atom. The zero-order chi connectivity index (χ0) is 21.0. The van der Waals surface area contributed by atoms with E-state index in [0.717, 1.165) is 44.9 Å². The van der Waals surface area contributed by atoms with Crippen LogP contribution in [0, 0.1) is 0 Å². The summed E-state index contributed by atoms with van der Waals surface area (Å²) >= 11 is 0. The number of ether oxygens (including phenoxy) is 1. The van der Waals surface area contributed by atoms with E-state index in [9.17, 15) is 4.79 Å². The van der Waals surface area contributed by atoms with Crippen molar-refractivity contribution in [2.24, 2.45) is 0 Å². The van der Waals surface area contributed by atoms with E-state index in [1.165, 1.54) is 0 Å². The Bertz CT molecular complexity index is 560. The minimum absolute atomic E-state index is 0.0461. The minimum atomic E-state index is 0.0461. The Morgan fingerprint density at radius 1 is 0.862 bits per heavy atom. The van der Waals surface area contributed by atoms with Crippen LogP contribution in [0.1, 0.15) is 64.7 Å². The summed E-state index contributed by atoms with van der Waals surface area (Å²) in [5, 5.41) is 11.4. The third kappa shape index (κ3) is 15.7. The quantitative estimate of drug-likeness (QED) is 0.201. The summed E-state index contributed by atoms with van der Waals surface area (Å²) in [5.41, 5.74) is 0. The van der Waals surface area contributed by atoms with Crippen molar-refractivity contribution < 1.29 is 14.6 Å². The van der Waals surface area contributed by atoms with E-state index in [1.54, 1.807) is 0 Å². The van der Waals surface area contributed by atoms with E-state index >= 15 is 0 Å². The van der Waals surface area contributed by atoms with Crippen molar-refractivity contribution in [3.63, 3.8) is 0 Å². The molecule has 0 aromatic carbocycles. The number of allylic oxidation sites excluding steroid dienone is 8. The van der Waals surface area contributed by atoms with Crippen molar-refractivity contribution in [2.75, 3.05) is 13.2 Å². The highest BCUT2D eigenvalue weighted by Gasteiger charge is 2.35. The molecule has 0 bridgehead atoms. The van der Waals surface area contributed by atoms with Crippen LogP contribution in [0.25, 0.3) is 0 Å². The number of nitrogens with one attached hydrogen (secondary N) is 1. The largest absolute Gasteiger partial charge is 0.396 e. The van der Waals surface area contributed by atoms with Crippen LogP contribution in [0.5, 0.6) is 0 Å². The van der Waals surface area contributed by atoms with Crippen LogP contribution in [0.3, 0.4) is 0 Å². The molecule has 29 heavy (non-hydrogen) atoms. The van der Waals surface area contributed by atoms with Gasteiger partial charge in [-0.25, -0.2) is 0 Å². The third-order valence-corrected chi connectivity index (χ3v) is 4.51. The molecule has 0 aliphatic carbocycles. The molecule has 0 radical (unpaired) electrons. The van der Waals surface area contributed by atoms with Crippen LogP contribution >= 0.6 is 0 Å². The molecule has 0 aromatic rings. The van der Waals surface area contributed by atoms with Gasteiger partial charge in [0.2, 0.25) is 5.91 Å². The molecule has 4 heteroatoms. The Labute approximate surface area is 177 Å². The first kappa shape index (κ1) is 25.1. The number of hydrogen-bond donors (Lipinski definition) is 2. The molecule has 2 N–H and O–H groups in total. The van der Waals surface area contributed by atoms with Gasteiger partial charge in [0.25, 0.3) is 0 Å². The van der Waals surface area contributed by atoms with Crippen molar-refractivity contribution >= 4 is 5.91 Å². The van der Waals surface area contributed by atoms with Gasteiger partial charge in [-0.15, -0.1) is 0 Å². The number of carbonyl (C=O) groups excluding carboxylic acids is 1. The molecule has 0 spiro atoms. The van der Waals surface area contributed by atoms with Crippen LogP contribution in [0.4, 0.5) is 0 Å². The molecule has 1 heterocycles. The molecule has 4 nitrogen and oxygen atoms in total. The molecular formula is C25H39NO3. The predicted octanol–water partition coefficient (Wildman–Crippen LogP) is 5.17. The Balaban J connectivity index is 1.95. The molecule has 1 aliphatic heterocycles. The number of aliphatic hydroxyl groups excluding tert-OH is 1. The van der Waals surface area contributed by atoms with Gasteiger partial charge in [0, 0.05) is 19.6 Å². The first-order chi connectivity index (χ1) is 14.3. The van der Waals surface area contributed by atoms with Gasteiger partial charge in [0.15, 0.2) is 0 Å². The van der Waals surface area contributed by atoms with E-state index < -0.39 is 0 Å². The topological polar surface area (TPSA) is 61.9 Å². The van der Waals surface area contributed by atoms with Crippen molar-refractivity contribution in [3.05, 3.63) is 60.8 Å². The van der Waals surface area contributed by atoms with Gasteiger partial charge in [0.1, 0.15) is 0 Å². The maximum absolute atomic E-state index is 11.5. The van der Waals surface area contributed by atoms with Crippen LogP contribution in [-0.4, -0.2) is 36.4 Å². The average Bonchev–Trinajstić information content (AvgIpc) is 3.47. The summed E-state index contributed by atoms with van der Waals surface area (Å²) in [6, 6.07) is 0. The summed E-state index contributed by atoms with van der Waals surface area (Å²) in [6.07, 6.45) is 30.4. The molecule has 1 aliphatic rings. The highest BCUT2D eigenvalue weighted by Crippen LogP contribution is 2.29. The highest BCUT2D eigenvalue weighted by molar-refractivity contribution is 5.75. The van der Waals surface area contributed by atoms with E-state index in [-0.39, 0.29) is 12.5 Å². The van der Waals surface area contributed by atoms with E-state index in [1.807, 2.05) is 6.08 Å². The zero-order valence-electron chi connectivity index (χ0n) is 18.0. The maximum atomic E-state index is 11.5. The lowest BCUT2D eigenvalue weighted by Crippen LogP contribution is -2.24. The second-order valence-corrected chi connectivity index (χ2v) is 7.12. The van der Waals surface area contributed by atoms with Crippen molar-refractivity contribution in [2.45, 2.75) is 76.9 Å². The smallest absolute Gasteiger partial charge is 0.220 e. The van der Waals surface area contributed by atoms with Gasteiger partial charge in [-0.2, -0.15) is 0 Å². The molecule has 1 fully saturated rings. The van der Waals surface area contributed by atoms with Gasteiger partial charge < -0.3 is 15.2 Å². The fraction of sp³-hybridized carbons (Fsp3) is 0.560. The maximum Gasteiger partial charge on any atom is 0.220 e. The van der Waals surface area contributed by atoms with E-state index in [0.29, 0.717) is 31.6 Å². The number of amides is 1. The number of hydrogen-bond acceptors (Lipinski definition) is 3. The van der Waals surface area contributed by atoms with Gasteiger partial charge in [-0.05, 0) is 51.4 Å². The van der Waals surface area contributed by atoms with E-state index in [2.05, 4.69) is 66.9 Å². The number of carbonyl (C=O) groups is 1. The molecule has 1 amide bonds. The lowest BCUT2D eigenvalue weighted by Gasteiger charge is -2.01. The fourth-order valence-corrected chi connectivity index (χ4v) is 2.76. The molecular weight excluding hydrogens is 362 g/mol. The fourth-order valence-electron chi connectivity index (χ4n) is 2.76. The van der Waals surface area contributed by atoms with Crippen LogP contribution < -0.4 is 5.32 Å². The molecule has 1 rings (SSSR count). The molecule has 1 saturated heterocycles. The first-order valence-electron chi connectivity index (χ1n) is 11.1. The highest BCUT2D eigenvalue weighted by atomic mass is 16.6. The summed E-state index contributed by atoms with van der Waals surface area (Å²) < 4.78 is 5.69. The van der Waals surface area contributed by atoms with Crippen LogP contribution in [0.15, 0.2) is 60.8 Å². The summed E-state index contributed by atoms with van der Waals surface area (Å²) in [5.74, 6) is 0.0461. The average molecular weight is 402 g/mol. The summed E-state index contributed by atoms with van der Waals surface area (Å²) in [6.45, 7) is 2.82. The lowest BCUT2D eigenvalue weighted by molar-refractivity contribution is -0.121. The molecule has 2 atom stereocenters. The summed E-state index contributed by atoms with van der Waals surface area (Å²) in [7, 11) is 0. The number of rotatable bonds is 17. The van der Waals surface area contributed by atoms with Crippen LogP contribution in [-0.2, 0) is 9.53 Å². The first-order valence-corrected chi connectivity index (χ1v) is 11.1.